The second kappa shape index (κ2) is 7.31. The number of rotatable bonds is 7. The van der Waals surface area contributed by atoms with Crippen molar-refractivity contribution in [3.8, 4) is 0 Å². The van der Waals surface area contributed by atoms with Gasteiger partial charge >= 0.3 is 0 Å². The summed E-state index contributed by atoms with van der Waals surface area (Å²) in [4.78, 5) is 6.73. The van der Waals surface area contributed by atoms with Gasteiger partial charge in [0.1, 0.15) is 5.82 Å². The Balaban J connectivity index is 2.00. The maximum absolute atomic E-state index is 6.22. The van der Waals surface area contributed by atoms with Gasteiger partial charge in [-0.15, -0.1) is 0 Å². The molecular weight excluding hydrogens is 274 g/mol. The highest BCUT2D eigenvalue weighted by molar-refractivity contribution is 6.31. The molecule has 0 atom stereocenters. The van der Waals surface area contributed by atoms with E-state index >= 15 is 0 Å². The van der Waals surface area contributed by atoms with Crippen molar-refractivity contribution < 1.29 is 4.42 Å². The summed E-state index contributed by atoms with van der Waals surface area (Å²) in [6, 6.07) is 5.77. The molecule has 0 bridgehead atoms. The van der Waals surface area contributed by atoms with Crippen molar-refractivity contribution in [3.05, 3.63) is 47.0 Å². The monoisotopic (exact) mass is 293 g/mol. The molecule has 0 spiro atoms. The van der Waals surface area contributed by atoms with Gasteiger partial charge in [-0.25, -0.2) is 4.98 Å². The molecule has 108 valence electrons. The Hall–Kier alpha value is -1.52. The van der Waals surface area contributed by atoms with Crippen LogP contribution in [0.1, 0.15) is 24.6 Å². The maximum Gasteiger partial charge on any atom is 0.126 e. The lowest BCUT2D eigenvalue weighted by molar-refractivity contribution is 0.314. The summed E-state index contributed by atoms with van der Waals surface area (Å²) in [5.74, 6) is 0.878. The number of halogens is 1. The van der Waals surface area contributed by atoms with Gasteiger partial charge in [0.2, 0.25) is 0 Å². The first-order chi connectivity index (χ1) is 9.69. The summed E-state index contributed by atoms with van der Waals surface area (Å²) >= 11 is 6.22. The molecule has 0 saturated carbocycles. The minimum Gasteiger partial charge on any atom is -0.472 e. The van der Waals surface area contributed by atoms with Gasteiger partial charge in [0.05, 0.1) is 23.2 Å². The fraction of sp³-hybridized carbons (Fsp3) is 0.400. The Morgan fingerprint density at radius 3 is 2.85 bits per heavy atom. The number of hydrogen-bond donors (Lipinski definition) is 1. The molecule has 20 heavy (non-hydrogen) atoms. The van der Waals surface area contributed by atoms with Crippen molar-refractivity contribution in [1.82, 2.24) is 9.88 Å². The SMILES string of the molecule is CCCNc1ccc(Cl)c(CN(C)Cc2ccoc2)n1. The first-order valence-electron chi connectivity index (χ1n) is 6.78. The zero-order valence-corrected chi connectivity index (χ0v) is 12.7. The molecule has 4 nitrogen and oxygen atoms in total. The van der Waals surface area contributed by atoms with Crippen LogP contribution in [-0.4, -0.2) is 23.5 Å². The summed E-state index contributed by atoms with van der Waals surface area (Å²) in [5.41, 5.74) is 2.03. The smallest absolute Gasteiger partial charge is 0.126 e. The maximum atomic E-state index is 6.22. The van der Waals surface area contributed by atoms with E-state index in [0.29, 0.717) is 11.6 Å². The van der Waals surface area contributed by atoms with E-state index in [4.69, 9.17) is 16.0 Å². The van der Waals surface area contributed by atoms with Crippen molar-refractivity contribution in [1.29, 1.82) is 0 Å². The molecule has 5 heteroatoms. The number of anilines is 1. The largest absolute Gasteiger partial charge is 0.472 e. The number of aromatic nitrogens is 1. The van der Waals surface area contributed by atoms with Crippen molar-refractivity contribution in [2.45, 2.75) is 26.4 Å². The molecule has 0 aliphatic heterocycles. The van der Waals surface area contributed by atoms with Crippen LogP contribution >= 0.6 is 11.6 Å². The summed E-state index contributed by atoms with van der Waals surface area (Å²) in [7, 11) is 2.04. The molecule has 0 radical (unpaired) electrons. The molecule has 2 aromatic rings. The highest BCUT2D eigenvalue weighted by Gasteiger charge is 2.08. The first kappa shape index (κ1) is 14.9. The van der Waals surface area contributed by atoms with E-state index in [0.717, 1.165) is 36.6 Å². The lowest BCUT2D eigenvalue weighted by Gasteiger charge is -2.16. The lowest BCUT2D eigenvalue weighted by atomic mass is 10.3. The molecule has 0 aliphatic rings. The average molecular weight is 294 g/mol. The van der Waals surface area contributed by atoms with Crippen LogP contribution in [0.2, 0.25) is 5.02 Å². The van der Waals surface area contributed by atoms with Gasteiger partial charge in [0.15, 0.2) is 0 Å². The van der Waals surface area contributed by atoms with Crippen LogP contribution in [0.4, 0.5) is 5.82 Å². The van der Waals surface area contributed by atoms with Gasteiger partial charge in [0, 0.05) is 25.2 Å². The molecule has 2 aromatic heterocycles. The molecule has 2 rings (SSSR count). The van der Waals surface area contributed by atoms with Gasteiger partial charge in [-0.1, -0.05) is 18.5 Å². The van der Waals surface area contributed by atoms with Crippen LogP contribution in [0.3, 0.4) is 0 Å². The summed E-state index contributed by atoms with van der Waals surface area (Å²) in [6.45, 7) is 4.55. The fourth-order valence-corrected chi connectivity index (χ4v) is 2.12. The number of pyridine rings is 1. The third-order valence-corrected chi connectivity index (χ3v) is 3.27. The molecule has 0 unspecified atom stereocenters. The number of hydrogen-bond acceptors (Lipinski definition) is 4. The van der Waals surface area contributed by atoms with E-state index < -0.39 is 0 Å². The van der Waals surface area contributed by atoms with Crippen LogP contribution in [0.5, 0.6) is 0 Å². The Labute approximate surface area is 124 Å². The van der Waals surface area contributed by atoms with Gasteiger partial charge in [-0.3, -0.25) is 4.90 Å². The van der Waals surface area contributed by atoms with Crippen LogP contribution in [0, 0.1) is 0 Å². The minimum absolute atomic E-state index is 0.700. The highest BCUT2D eigenvalue weighted by atomic mass is 35.5. The zero-order chi connectivity index (χ0) is 14.4. The third kappa shape index (κ3) is 4.25. The lowest BCUT2D eigenvalue weighted by Crippen LogP contribution is -2.18. The quantitative estimate of drug-likeness (QED) is 0.843. The zero-order valence-electron chi connectivity index (χ0n) is 11.9. The molecule has 0 amide bonds. The predicted molar refractivity (Wildman–Crippen MR) is 81.9 cm³/mol. The van der Waals surface area contributed by atoms with Crippen LogP contribution in [0.15, 0.2) is 35.1 Å². The van der Waals surface area contributed by atoms with Gasteiger partial charge in [0.25, 0.3) is 0 Å². The van der Waals surface area contributed by atoms with Gasteiger partial charge in [-0.05, 0) is 31.7 Å². The Morgan fingerprint density at radius 2 is 2.15 bits per heavy atom. The van der Waals surface area contributed by atoms with E-state index in [9.17, 15) is 0 Å². The molecule has 1 N–H and O–H groups in total. The summed E-state index contributed by atoms with van der Waals surface area (Å²) in [5, 5.41) is 3.98. The third-order valence-electron chi connectivity index (χ3n) is 2.93. The number of furan rings is 1. The Kier molecular flexibility index (Phi) is 5.44. The number of nitrogens with one attached hydrogen (secondary N) is 1. The highest BCUT2D eigenvalue weighted by Crippen LogP contribution is 2.19. The molecule has 0 saturated heterocycles. The second-order valence-corrected chi connectivity index (χ2v) is 5.26. The molecule has 0 fully saturated rings. The van der Waals surface area contributed by atoms with Crippen molar-refractivity contribution in [2.24, 2.45) is 0 Å². The van der Waals surface area contributed by atoms with Crippen molar-refractivity contribution in [3.63, 3.8) is 0 Å². The normalized spacial score (nSPS) is 11.0. The van der Waals surface area contributed by atoms with E-state index in [1.807, 2.05) is 25.2 Å². The molecular formula is C15H20ClN3O. The fourth-order valence-electron chi connectivity index (χ4n) is 1.95. The van der Waals surface area contributed by atoms with E-state index in [1.165, 1.54) is 0 Å². The molecule has 0 aromatic carbocycles. The average Bonchev–Trinajstić information content (AvgIpc) is 2.92. The van der Waals surface area contributed by atoms with Crippen LogP contribution in [-0.2, 0) is 13.1 Å². The van der Waals surface area contributed by atoms with E-state index in [-0.39, 0.29) is 0 Å². The first-order valence-corrected chi connectivity index (χ1v) is 7.15. The minimum atomic E-state index is 0.700. The van der Waals surface area contributed by atoms with E-state index in [2.05, 4.69) is 22.1 Å². The van der Waals surface area contributed by atoms with Crippen LogP contribution < -0.4 is 5.32 Å². The summed E-state index contributed by atoms with van der Waals surface area (Å²) in [6.07, 6.45) is 4.51. The summed E-state index contributed by atoms with van der Waals surface area (Å²) < 4.78 is 5.07. The predicted octanol–water partition coefficient (Wildman–Crippen LogP) is 3.78. The van der Waals surface area contributed by atoms with Gasteiger partial charge in [-0.2, -0.15) is 0 Å². The van der Waals surface area contributed by atoms with Crippen LogP contribution in [0.25, 0.3) is 0 Å². The topological polar surface area (TPSA) is 41.3 Å². The molecule has 0 aliphatic carbocycles. The standard InChI is InChI=1S/C15H20ClN3O/c1-3-7-17-15-5-4-13(16)14(18-15)10-19(2)9-12-6-8-20-11-12/h4-6,8,11H,3,7,9-10H2,1-2H3,(H,17,18). The van der Waals surface area contributed by atoms with Crippen molar-refractivity contribution >= 4 is 17.4 Å². The van der Waals surface area contributed by atoms with E-state index in [1.54, 1.807) is 12.5 Å². The Bertz CT molecular complexity index is 528. The van der Waals surface area contributed by atoms with Gasteiger partial charge < -0.3 is 9.73 Å². The number of nitrogens with zero attached hydrogens (tertiary/aromatic N) is 2. The molecule has 2 heterocycles. The second-order valence-electron chi connectivity index (χ2n) is 4.86. The van der Waals surface area contributed by atoms with Crippen molar-refractivity contribution in [2.75, 3.05) is 18.9 Å². The Morgan fingerprint density at radius 1 is 1.30 bits per heavy atom.